The predicted molar refractivity (Wildman–Crippen MR) is 134 cm³/mol. The van der Waals surface area contributed by atoms with Crippen molar-refractivity contribution in [3.05, 3.63) is 89.8 Å². The second-order valence-electron chi connectivity index (χ2n) is 8.22. The number of hydrogen-bond donors (Lipinski definition) is 0. The minimum atomic E-state index is 0.0679. The molecule has 0 atom stereocenters. The standard InChI is InChI=1S/C26H25ClN6O/c27-21-8-4-9-22(18-21)32-16-14-31(15-17-32)13-10-24(34)23-19-30-33(26-28-11-5-12-29-26)25(23)20-6-2-1-3-7-20/h1-9,11-12,18-19H,10,13-17H2. The maximum atomic E-state index is 13.3. The van der Waals surface area contributed by atoms with Crippen molar-refractivity contribution in [2.45, 2.75) is 6.42 Å². The molecule has 8 heteroatoms. The lowest BCUT2D eigenvalue weighted by Crippen LogP contribution is -2.46. The molecule has 4 aromatic rings. The van der Waals surface area contributed by atoms with E-state index in [1.165, 1.54) is 0 Å². The van der Waals surface area contributed by atoms with Gasteiger partial charge >= 0.3 is 0 Å². The number of rotatable bonds is 7. The molecule has 1 saturated heterocycles. The number of benzene rings is 2. The van der Waals surface area contributed by atoms with Crippen molar-refractivity contribution < 1.29 is 4.79 Å². The second-order valence-corrected chi connectivity index (χ2v) is 8.65. The molecule has 2 aromatic carbocycles. The minimum absolute atomic E-state index is 0.0679. The topological polar surface area (TPSA) is 67.2 Å². The van der Waals surface area contributed by atoms with Crippen LogP contribution in [0.25, 0.3) is 17.2 Å². The zero-order chi connectivity index (χ0) is 23.3. The molecule has 172 valence electrons. The lowest BCUT2D eigenvalue weighted by Gasteiger charge is -2.36. The van der Waals surface area contributed by atoms with E-state index in [1.807, 2.05) is 48.5 Å². The number of hydrogen-bond acceptors (Lipinski definition) is 6. The van der Waals surface area contributed by atoms with Crippen LogP contribution >= 0.6 is 11.6 Å². The number of carbonyl (C=O) groups is 1. The molecule has 0 spiro atoms. The van der Waals surface area contributed by atoms with Gasteiger partial charge in [-0.15, -0.1) is 0 Å². The summed E-state index contributed by atoms with van der Waals surface area (Å²) in [5.41, 5.74) is 3.37. The smallest absolute Gasteiger partial charge is 0.251 e. The fraction of sp³-hybridized carbons (Fsp3) is 0.231. The van der Waals surface area contributed by atoms with Gasteiger partial charge in [-0.1, -0.05) is 48.0 Å². The summed E-state index contributed by atoms with van der Waals surface area (Å²) < 4.78 is 1.65. The van der Waals surface area contributed by atoms with Gasteiger partial charge in [0.15, 0.2) is 5.78 Å². The molecule has 34 heavy (non-hydrogen) atoms. The highest BCUT2D eigenvalue weighted by molar-refractivity contribution is 6.30. The molecular weight excluding hydrogens is 448 g/mol. The van der Waals surface area contributed by atoms with Gasteiger partial charge < -0.3 is 4.90 Å². The molecule has 2 aromatic heterocycles. The number of aromatic nitrogens is 4. The molecule has 1 aliphatic rings. The first-order valence-corrected chi connectivity index (χ1v) is 11.7. The molecule has 0 saturated carbocycles. The van der Waals surface area contributed by atoms with Crippen molar-refractivity contribution in [3.63, 3.8) is 0 Å². The molecule has 1 fully saturated rings. The summed E-state index contributed by atoms with van der Waals surface area (Å²) >= 11 is 6.14. The molecule has 0 amide bonds. The average molecular weight is 473 g/mol. The number of anilines is 1. The van der Waals surface area contributed by atoms with E-state index < -0.39 is 0 Å². The van der Waals surface area contributed by atoms with Crippen LogP contribution in [-0.2, 0) is 0 Å². The number of carbonyl (C=O) groups excluding carboxylic acids is 1. The molecule has 5 rings (SSSR count). The van der Waals surface area contributed by atoms with Crippen LogP contribution in [0, 0.1) is 0 Å². The van der Waals surface area contributed by atoms with Gasteiger partial charge in [-0.3, -0.25) is 9.69 Å². The first-order valence-electron chi connectivity index (χ1n) is 11.4. The number of nitrogens with zero attached hydrogens (tertiary/aromatic N) is 6. The summed E-state index contributed by atoms with van der Waals surface area (Å²) in [5, 5.41) is 5.22. The normalized spacial score (nSPS) is 14.3. The fourth-order valence-electron chi connectivity index (χ4n) is 4.28. The average Bonchev–Trinajstić information content (AvgIpc) is 3.34. The van der Waals surface area contributed by atoms with E-state index >= 15 is 0 Å². The van der Waals surface area contributed by atoms with Gasteiger partial charge in [-0.05, 0) is 24.3 Å². The van der Waals surface area contributed by atoms with E-state index in [4.69, 9.17) is 11.6 Å². The van der Waals surface area contributed by atoms with Gasteiger partial charge in [-0.25, -0.2) is 9.97 Å². The molecule has 0 N–H and O–H groups in total. The second kappa shape index (κ2) is 10.2. The zero-order valence-corrected chi connectivity index (χ0v) is 19.5. The molecule has 7 nitrogen and oxygen atoms in total. The molecule has 0 aliphatic carbocycles. The highest BCUT2D eigenvalue weighted by atomic mass is 35.5. The van der Waals surface area contributed by atoms with Gasteiger partial charge in [0.2, 0.25) is 0 Å². The Hall–Kier alpha value is -3.55. The Labute approximate surface area is 203 Å². The van der Waals surface area contributed by atoms with Crippen LogP contribution in [0.3, 0.4) is 0 Å². The van der Waals surface area contributed by atoms with Crippen LogP contribution in [0.1, 0.15) is 16.8 Å². The maximum absolute atomic E-state index is 13.3. The monoisotopic (exact) mass is 472 g/mol. The molecule has 3 heterocycles. The number of piperazine rings is 1. The summed E-state index contributed by atoms with van der Waals surface area (Å²) in [7, 11) is 0. The third-order valence-electron chi connectivity index (χ3n) is 6.06. The van der Waals surface area contributed by atoms with Crippen molar-refractivity contribution in [3.8, 4) is 17.2 Å². The van der Waals surface area contributed by atoms with Gasteiger partial charge in [-0.2, -0.15) is 9.78 Å². The van der Waals surface area contributed by atoms with Crippen LogP contribution < -0.4 is 4.90 Å². The Morgan fingerprint density at radius 3 is 2.41 bits per heavy atom. The van der Waals surface area contributed by atoms with Crippen molar-refractivity contribution in [1.82, 2.24) is 24.6 Å². The fourth-order valence-corrected chi connectivity index (χ4v) is 4.46. The van der Waals surface area contributed by atoms with Crippen molar-refractivity contribution in [2.75, 3.05) is 37.6 Å². The highest BCUT2D eigenvalue weighted by Gasteiger charge is 2.23. The molecule has 0 radical (unpaired) electrons. The Balaban J connectivity index is 1.28. The SMILES string of the molecule is O=C(CCN1CCN(c2cccc(Cl)c2)CC1)c1cnn(-c2ncccn2)c1-c1ccccc1. The maximum Gasteiger partial charge on any atom is 0.251 e. The zero-order valence-electron chi connectivity index (χ0n) is 18.7. The summed E-state index contributed by atoms with van der Waals surface area (Å²) in [6.07, 6.45) is 5.41. The van der Waals surface area contributed by atoms with E-state index in [0.29, 0.717) is 24.5 Å². The largest absolute Gasteiger partial charge is 0.369 e. The van der Waals surface area contributed by atoms with Crippen LogP contribution in [0.15, 0.2) is 79.3 Å². The third-order valence-corrected chi connectivity index (χ3v) is 6.29. The van der Waals surface area contributed by atoms with Gasteiger partial charge in [0.05, 0.1) is 17.5 Å². The van der Waals surface area contributed by atoms with Gasteiger partial charge in [0.25, 0.3) is 5.95 Å². The first-order chi connectivity index (χ1) is 16.7. The number of ketones is 1. The van der Waals surface area contributed by atoms with E-state index in [9.17, 15) is 4.79 Å². The van der Waals surface area contributed by atoms with E-state index in [-0.39, 0.29) is 5.78 Å². The highest BCUT2D eigenvalue weighted by Crippen LogP contribution is 2.27. The Kier molecular flexibility index (Phi) is 6.65. The van der Waals surface area contributed by atoms with Crippen LogP contribution in [0.4, 0.5) is 5.69 Å². The summed E-state index contributed by atoms with van der Waals surface area (Å²) in [4.78, 5) is 26.6. The van der Waals surface area contributed by atoms with Crippen LogP contribution in [0.2, 0.25) is 5.02 Å². The molecule has 0 bridgehead atoms. The van der Waals surface area contributed by atoms with Crippen molar-refractivity contribution in [2.24, 2.45) is 0 Å². The van der Waals surface area contributed by atoms with Crippen molar-refractivity contribution in [1.29, 1.82) is 0 Å². The summed E-state index contributed by atoms with van der Waals surface area (Å²) in [6.45, 7) is 4.34. The molecule has 0 unspecified atom stereocenters. The van der Waals surface area contributed by atoms with Crippen molar-refractivity contribution >= 4 is 23.1 Å². The van der Waals surface area contributed by atoms with E-state index in [0.717, 1.165) is 48.1 Å². The summed E-state index contributed by atoms with van der Waals surface area (Å²) in [6, 6.07) is 19.5. The third kappa shape index (κ3) is 4.85. The van der Waals surface area contributed by atoms with Gasteiger partial charge in [0, 0.05) is 67.8 Å². The quantitative estimate of drug-likeness (QED) is 0.372. The Bertz CT molecular complexity index is 1250. The van der Waals surface area contributed by atoms with Gasteiger partial charge in [0.1, 0.15) is 0 Å². The Morgan fingerprint density at radius 2 is 1.68 bits per heavy atom. The summed E-state index contributed by atoms with van der Waals surface area (Å²) in [5.74, 6) is 0.510. The minimum Gasteiger partial charge on any atom is -0.369 e. The lowest BCUT2D eigenvalue weighted by atomic mass is 10.0. The van der Waals surface area contributed by atoms with E-state index in [1.54, 1.807) is 29.3 Å². The first kappa shape index (κ1) is 22.3. The van der Waals surface area contributed by atoms with Crippen LogP contribution in [0.5, 0.6) is 0 Å². The number of Topliss-reactive ketones (excluding diaryl/α,β-unsaturated/α-hetero) is 1. The lowest BCUT2D eigenvalue weighted by molar-refractivity contribution is 0.0963. The number of halogens is 1. The Morgan fingerprint density at radius 1 is 0.912 bits per heavy atom. The molecule has 1 aliphatic heterocycles. The van der Waals surface area contributed by atoms with Crippen LogP contribution in [-0.4, -0.2) is 63.2 Å². The van der Waals surface area contributed by atoms with E-state index in [2.05, 4.69) is 30.9 Å². The predicted octanol–water partition coefficient (Wildman–Crippen LogP) is 4.38. The molecular formula is C26H25ClN6O.